The topological polar surface area (TPSA) is 32.3 Å². The first kappa shape index (κ1) is 16.1. The molecule has 0 spiro atoms. The zero-order chi connectivity index (χ0) is 15.2. The van der Waals surface area contributed by atoms with Crippen LogP contribution in [0, 0.1) is 0 Å². The van der Waals surface area contributed by atoms with Crippen molar-refractivity contribution >= 4 is 15.9 Å². The molecule has 0 aromatic heterocycles. The first-order chi connectivity index (χ1) is 10.2. The number of nitrogens with one attached hydrogen (secondary N) is 1. The Morgan fingerprint density at radius 1 is 1.10 bits per heavy atom. The second-order valence-corrected chi connectivity index (χ2v) is 6.08. The van der Waals surface area contributed by atoms with Crippen molar-refractivity contribution in [3.63, 3.8) is 0 Å². The monoisotopic (exact) mass is 347 g/mol. The number of hydrogen-bond acceptors (Lipinski definition) is 2. The average Bonchev–Trinajstić information content (AvgIpc) is 2.51. The van der Waals surface area contributed by atoms with Gasteiger partial charge in [0.15, 0.2) is 0 Å². The first-order valence-corrected chi connectivity index (χ1v) is 8.23. The first-order valence-electron chi connectivity index (χ1n) is 7.44. The molecule has 0 aliphatic rings. The van der Waals surface area contributed by atoms with Crippen LogP contribution in [0.3, 0.4) is 0 Å². The molecule has 0 amide bonds. The zero-order valence-corrected chi connectivity index (χ0v) is 14.2. The maximum Gasteiger partial charge on any atom is 0.120 e. The van der Waals surface area contributed by atoms with E-state index >= 15 is 0 Å². The quantitative estimate of drug-likeness (QED) is 0.773. The molecule has 0 aliphatic heterocycles. The van der Waals surface area contributed by atoms with Gasteiger partial charge in [0.1, 0.15) is 5.75 Å². The molecule has 1 atom stereocenters. The van der Waals surface area contributed by atoms with Crippen LogP contribution in [0.4, 0.5) is 0 Å². The third-order valence-corrected chi connectivity index (χ3v) is 4.30. The minimum absolute atomic E-state index is 0.146. The maximum atomic E-state index is 10.1. The van der Waals surface area contributed by atoms with E-state index in [1.807, 2.05) is 12.1 Å². The second-order valence-electron chi connectivity index (χ2n) is 5.17. The number of hydrogen-bond donors (Lipinski definition) is 2. The summed E-state index contributed by atoms with van der Waals surface area (Å²) in [7, 11) is 0. The normalized spacial score (nSPS) is 12.3. The molecule has 0 saturated heterocycles. The summed E-state index contributed by atoms with van der Waals surface area (Å²) < 4.78 is 0.990. The van der Waals surface area contributed by atoms with Gasteiger partial charge in [-0.3, -0.25) is 0 Å². The molecule has 2 aromatic rings. The highest BCUT2D eigenvalue weighted by molar-refractivity contribution is 9.10. The van der Waals surface area contributed by atoms with E-state index in [9.17, 15) is 5.11 Å². The SMILES string of the molecule is CCc1ccccc1CNC(CC)c1cc(Br)ccc1O. The highest BCUT2D eigenvalue weighted by Crippen LogP contribution is 2.29. The standard InChI is InChI=1S/C18H22BrNO/c1-3-13-7-5-6-8-14(13)12-20-17(4-2)16-11-15(19)9-10-18(16)21/h5-11,17,20-21H,3-4,12H2,1-2H3. The van der Waals surface area contributed by atoms with Crippen molar-refractivity contribution in [3.05, 3.63) is 63.6 Å². The van der Waals surface area contributed by atoms with Gasteiger partial charge in [-0.15, -0.1) is 0 Å². The van der Waals surface area contributed by atoms with Crippen LogP contribution in [0.15, 0.2) is 46.9 Å². The molecule has 0 heterocycles. The van der Waals surface area contributed by atoms with Crippen LogP contribution in [0.1, 0.15) is 43.0 Å². The Labute approximate surface area is 135 Å². The van der Waals surface area contributed by atoms with E-state index < -0.39 is 0 Å². The summed E-state index contributed by atoms with van der Waals surface area (Å²) in [5, 5.41) is 13.6. The van der Waals surface area contributed by atoms with Crippen molar-refractivity contribution in [2.24, 2.45) is 0 Å². The third kappa shape index (κ3) is 4.08. The maximum absolute atomic E-state index is 10.1. The van der Waals surface area contributed by atoms with Gasteiger partial charge < -0.3 is 10.4 Å². The predicted molar refractivity (Wildman–Crippen MR) is 91.5 cm³/mol. The Morgan fingerprint density at radius 3 is 2.48 bits per heavy atom. The van der Waals surface area contributed by atoms with E-state index in [1.54, 1.807) is 6.07 Å². The molecule has 0 radical (unpaired) electrons. The van der Waals surface area contributed by atoms with Gasteiger partial charge in [0.2, 0.25) is 0 Å². The lowest BCUT2D eigenvalue weighted by Gasteiger charge is -2.20. The third-order valence-electron chi connectivity index (χ3n) is 3.81. The summed E-state index contributed by atoms with van der Waals surface area (Å²) in [4.78, 5) is 0. The Balaban J connectivity index is 2.14. The summed E-state index contributed by atoms with van der Waals surface area (Å²) >= 11 is 3.47. The Morgan fingerprint density at radius 2 is 1.81 bits per heavy atom. The summed E-state index contributed by atoms with van der Waals surface area (Å²) in [6.07, 6.45) is 1.97. The molecule has 0 bridgehead atoms. The van der Waals surface area contributed by atoms with E-state index in [0.717, 1.165) is 29.4 Å². The molecular weight excluding hydrogens is 326 g/mol. The van der Waals surface area contributed by atoms with Crippen LogP contribution < -0.4 is 5.32 Å². The number of halogens is 1. The molecule has 2 rings (SSSR count). The molecule has 2 nitrogen and oxygen atoms in total. The molecule has 0 fully saturated rings. The number of aromatic hydroxyl groups is 1. The van der Waals surface area contributed by atoms with Gasteiger partial charge in [-0.05, 0) is 42.2 Å². The minimum atomic E-state index is 0.146. The number of benzene rings is 2. The highest BCUT2D eigenvalue weighted by Gasteiger charge is 2.14. The summed E-state index contributed by atoms with van der Waals surface area (Å²) in [5.74, 6) is 0.348. The number of aryl methyl sites for hydroxylation is 1. The Bertz CT molecular complexity index is 598. The van der Waals surface area contributed by atoms with Crippen LogP contribution in [0.5, 0.6) is 5.75 Å². The van der Waals surface area contributed by atoms with Crippen LogP contribution in [0.25, 0.3) is 0 Å². The predicted octanol–water partition coefficient (Wildman–Crippen LogP) is 4.96. The van der Waals surface area contributed by atoms with Crippen LogP contribution in [-0.4, -0.2) is 5.11 Å². The minimum Gasteiger partial charge on any atom is -0.508 e. The fraction of sp³-hybridized carbons (Fsp3) is 0.333. The molecule has 2 N–H and O–H groups in total. The highest BCUT2D eigenvalue weighted by atomic mass is 79.9. The van der Waals surface area contributed by atoms with Crippen molar-refractivity contribution in [2.75, 3.05) is 0 Å². The van der Waals surface area contributed by atoms with Gasteiger partial charge in [0, 0.05) is 22.6 Å². The van der Waals surface area contributed by atoms with Gasteiger partial charge >= 0.3 is 0 Å². The van der Waals surface area contributed by atoms with Gasteiger partial charge in [-0.25, -0.2) is 0 Å². The zero-order valence-electron chi connectivity index (χ0n) is 12.6. The fourth-order valence-corrected chi connectivity index (χ4v) is 2.97. The van der Waals surface area contributed by atoms with Crippen LogP contribution >= 0.6 is 15.9 Å². The summed E-state index contributed by atoms with van der Waals surface area (Å²) in [6, 6.07) is 14.2. The van der Waals surface area contributed by atoms with Gasteiger partial charge in [-0.1, -0.05) is 54.0 Å². The van der Waals surface area contributed by atoms with Crippen molar-refractivity contribution < 1.29 is 5.11 Å². The van der Waals surface area contributed by atoms with Gasteiger partial charge in [0.25, 0.3) is 0 Å². The smallest absolute Gasteiger partial charge is 0.120 e. The summed E-state index contributed by atoms with van der Waals surface area (Å²) in [6.45, 7) is 5.12. The number of phenols is 1. The van der Waals surface area contributed by atoms with Crippen molar-refractivity contribution in [3.8, 4) is 5.75 Å². The molecule has 0 saturated carbocycles. The molecule has 1 unspecified atom stereocenters. The molecule has 2 aromatic carbocycles. The lowest BCUT2D eigenvalue weighted by atomic mass is 10.0. The van der Waals surface area contributed by atoms with Gasteiger partial charge in [-0.2, -0.15) is 0 Å². The second kappa shape index (κ2) is 7.62. The molecule has 21 heavy (non-hydrogen) atoms. The average molecular weight is 348 g/mol. The molecule has 0 aliphatic carbocycles. The van der Waals surface area contributed by atoms with Crippen molar-refractivity contribution in [2.45, 2.75) is 39.3 Å². The number of phenolic OH excluding ortho intramolecular Hbond substituents is 1. The van der Waals surface area contributed by atoms with Crippen molar-refractivity contribution in [1.29, 1.82) is 0 Å². The van der Waals surface area contributed by atoms with Crippen LogP contribution in [-0.2, 0) is 13.0 Å². The molecule has 112 valence electrons. The van der Waals surface area contributed by atoms with E-state index in [1.165, 1.54) is 11.1 Å². The molecular formula is C18H22BrNO. The largest absolute Gasteiger partial charge is 0.508 e. The lowest BCUT2D eigenvalue weighted by molar-refractivity contribution is 0.440. The Hall–Kier alpha value is -1.32. The van der Waals surface area contributed by atoms with E-state index in [4.69, 9.17) is 0 Å². The molecule has 3 heteroatoms. The fourth-order valence-electron chi connectivity index (χ4n) is 2.59. The van der Waals surface area contributed by atoms with Gasteiger partial charge in [0.05, 0.1) is 0 Å². The number of rotatable bonds is 6. The van der Waals surface area contributed by atoms with E-state index in [2.05, 4.69) is 59.4 Å². The van der Waals surface area contributed by atoms with Crippen molar-refractivity contribution in [1.82, 2.24) is 5.32 Å². The van der Waals surface area contributed by atoms with Crippen LogP contribution in [0.2, 0.25) is 0 Å². The van der Waals surface area contributed by atoms with E-state index in [0.29, 0.717) is 5.75 Å². The Kier molecular flexibility index (Phi) is 5.83. The van der Waals surface area contributed by atoms with E-state index in [-0.39, 0.29) is 6.04 Å². The lowest BCUT2D eigenvalue weighted by Crippen LogP contribution is -2.21. The summed E-state index contributed by atoms with van der Waals surface area (Å²) in [5.41, 5.74) is 3.65.